The Hall–Kier alpha value is -0.770. The average molecular weight is 232 g/mol. The molecule has 0 amide bonds. The molecule has 0 saturated carbocycles. The summed E-state index contributed by atoms with van der Waals surface area (Å²) in [5, 5.41) is 10.5. The molecule has 0 aliphatic heterocycles. The standard InChI is InChI=1S/C11H17NO2.ClH/c1-3-12(8-9-13)14-11-7-5-4-6-10(11)2;/h4-7,13H,3,8-9H2,1-2H3;1H. The highest BCUT2D eigenvalue weighted by Gasteiger charge is 2.04. The molecule has 0 bridgehead atoms. The summed E-state index contributed by atoms with van der Waals surface area (Å²) in [6.45, 7) is 5.40. The van der Waals surface area contributed by atoms with E-state index >= 15 is 0 Å². The number of likely N-dealkylation sites (N-methyl/N-ethyl adjacent to an activating group) is 1. The van der Waals surface area contributed by atoms with Crippen molar-refractivity contribution in [2.45, 2.75) is 13.8 Å². The molecular weight excluding hydrogens is 214 g/mol. The molecule has 0 radical (unpaired) electrons. The van der Waals surface area contributed by atoms with Crippen molar-refractivity contribution in [3.63, 3.8) is 0 Å². The van der Waals surface area contributed by atoms with Crippen LogP contribution in [0.5, 0.6) is 5.75 Å². The van der Waals surface area contributed by atoms with Gasteiger partial charge in [-0.25, -0.2) is 0 Å². The Kier molecular flexibility index (Phi) is 7.13. The Morgan fingerprint density at radius 3 is 2.53 bits per heavy atom. The number of rotatable bonds is 5. The quantitative estimate of drug-likeness (QED) is 0.788. The lowest BCUT2D eigenvalue weighted by molar-refractivity contribution is -0.0635. The van der Waals surface area contributed by atoms with Crippen LogP contribution in [0.3, 0.4) is 0 Å². The summed E-state index contributed by atoms with van der Waals surface area (Å²) in [4.78, 5) is 5.61. The van der Waals surface area contributed by atoms with Gasteiger partial charge in [0.15, 0.2) is 0 Å². The third kappa shape index (κ3) is 4.51. The summed E-state index contributed by atoms with van der Waals surface area (Å²) in [6.07, 6.45) is 0. The number of halogens is 1. The van der Waals surface area contributed by atoms with Gasteiger partial charge in [-0.05, 0) is 25.5 Å². The Bertz CT molecular complexity index is 281. The molecule has 4 heteroatoms. The minimum atomic E-state index is 0. The first-order chi connectivity index (χ1) is 6.77. The normalized spacial score (nSPS) is 9.87. The van der Waals surface area contributed by atoms with Gasteiger partial charge in [0.05, 0.1) is 13.2 Å². The zero-order chi connectivity index (χ0) is 10.4. The zero-order valence-electron chi connectivity index (χ0n) is 9.14. The fourth-order valence-corrected chi connectivity index (χ4v) is 1.18. The van der Waals surface area contributed by atoms with Crippen LogP contribution in [0.4, 0.5) is 0 Å². The van der Waals surface area contributed by atoms with Crippen molar-refractivity contribution in [1.82, 2.24) is 5.06 Å². The molecule has 0 unspecified atom stereocenters. The number of nitrogens with zero attached hydrogens (tertiary/aromatic N) is 1. The number of benzene rings is 1. The lowest BCUT2D eigenvalue weighted by atomic mass is 10.2. The zero-order valence-corrected chi connectivity index (χ0v) is 9.96. The van der Waals surface area contributed by atoms with Crippen molar-refractivity contribution in [2.24, 2.45) is 0 Å². The number of para-hydroxylation sites is 1. The topological polar surface area (TPSA) is 32.7 Å². The van der Waals surface area contributed by atoms with Crippen LogP contribution in [0.25, 0.3) is 0 Å². The van der Waals surface area contributed by atoms with Crippen LogP contribution >= 0.6 is 12.4 Å². The molecule has 0 aliphatic rings. The van der Waals surface area contributed by atoms with Gasteiger partial charge in [0, 0.05) is 6.54 Å². The highest BCUT2D eigenvalue weighted by atomic mass is 35.5. The van der Waals surface area contributed by atoms with Crippen molar-refractivity contribution in [2.75, 3.05) is 19.7 Å². The van der Waals surface area contributed by atoms with Gasteiger partial charge in [-0.1, -0.05) is 18.2 Å². The molecule has 1 aromatic carbocycles. The average Bonchev–Trinajstić information content (AvgIpc) is 2.20. The third-order valence-corrected chi connectivity index (χ3v) is 2.02. The maximum absolute atomic E-state index is 8.79. The number of aryl methyl sites for hydroxylation is 1. The van der Waals surface area contributed by atoms with E-state index in [4.69, 9.17) is 9.94 Å². The van der Waals surface area contributed by atoms with Crippen molar-refractivity contribution in [3.8, 4) is 5.75 Å². The summed E-state index contributed by atoms with van der Waals surface area (Å²) in [5.74, 6) is 0.850. The Labute approximate surface area is 97.0 Å². The van der Waals surface area contributed by atoms with Crippen LogP contribution in [0.2, 0.25) is 0 Å². The van der Waals surface area contributed by atoms with E-state index in [0.717, 1.165) is 17.9 Å². The summed E-state index contributed by atoms with van der Waals surface area (Å²) in [6, 6.07) is 7.84. The summed E-state index contributed by atoms with van der Waals surface area (Å²) < 4.78 is 0. The Morgan fingerprint density at radius 1 is 1.33 bits per heavy atom. The molecule has 1 rings (SSSR count). The highest BCUT2D eigenvalue weighted by Crippen LogP contribution is 2.17. The van der Waals surface area contributed by atoms with Crippen molar-refractivity contribution < 1.29 is 9.94 Å². The molecular formula is C11H18ClNO2. The number of aliphatic hydroxyl groups is 1. The molecule has 0 spiro atoms. The van der Waals surface area contributed by atoms with Gasteiger partial charge in [0.2, 0.25) is 0 Å². The van der Waals surface area contributed by atoms with Crippen LogP contribution < -0.4 is 4.84 Å². The van der Waals surface area contributed by atoms with E-state index in [-0.39, 0.29) is 19.0 Å². The van der Waals surface area contributed by atoms with Crippen molar-refractivity contribution in [3.05, 3.63) is 29.8 Å². The summed E-state index contributed by atoms with van der Waals surface area (Å²) in [5.41, 5.74) is 1.10. The molecule has 0 saturated heterocycles. The highest BCUT2D eigenvalue weighted by molar-refractivity contribution is 5.85. The van der Waals surface area contributed by atoms with Gasteiger partial charge in [-0.15, -0.1) is 17.5 Å². The molecule has 1 N–H and O–H groups in total. The lowest BCUT2D eigenvalue weighted by Gasteiger charge is -2.20. The fraction of sp³-hybridized carbons (Fsp3) is 0.455. The lowest BCUT2D eigenvalue weighted by Crippen LogP contribution is -2.30. The minimum absolute atomic E-state index is 0. The predicted molar refractivity (Wildman–Crippen MR) is 63.4 cm³/mol. The van der Waals surface area contributed by atoms with E-state index in [1.165, 1.54) is 0 Å². The molecule has 86 valence electrons. The Balaban J connectivity index is 0.00000196. The first-order valence-electron chi connectivity index (χ1n) is 4.87. The fourth-order valence-electron chi connectivity index (χ4n) is 1.18. The van der Waals surface area contributed by atoms with Crippen LogP contribution in [0, 0.1) is 6.92 Å². The minimum Gasteiger partial charge on any atom is -0.406 e. The van der Waals surface area contributed by atoms with Gasteiger partial charge >= 0.3 is 0 Å². The number of aliphatic hydroxyl groups excluding tert-OH is 1. The largest absolute Gasteiger partial charge is 0.406 e. The second-order valence-electron chi connectivity index (χ2n) is 3.10. The molecule has 0 heterocycles. The summed E-state index contributed by atoms with van der Waals surface area (Å²) >= 11 is 0. The van der Waals surface area contributed by atoms with E-state index in [1.807, 2.05) is 38.1 Å². The smallest absolute Gasteiger partial charge is 0.150 e. The second kappa shape index (κ2) is 7.51. The van der Waals surface area contributed by atoms with Crippen LogP contribution in [-0.4, -0.2) is 29.9 Å². The van der Waals surface area contributed by atoms with Crippen LogP contribution in [-0.2, 0) is 0 Å². The molecule has 0 aromatic heterocycles. The van der Waals surface area contributed by atoms with E-state index in [1.54, 1.807) is 5.06 Å². The SMILES string of the molecule is CCN(CCO)Oc1ccccc1C.Cl. The van der Waals surface area contributed by atoms with E-state index < -0.39 is 0 Å². The molecule has 15 heavy (non-hydrogen) atoms. The number of hydrogen-bond acceptors (Lipinski definition) is 3. The van der Waals surface area contributed by atoms with Crippen LogP contribution in [0.1, 0.15) is 12.5 Å². The predicted octanol–water partition coefficient (Wildman–Crippen LogP) is 2.02. The summed E-state index contributed by atoms with van der Waals surface area (Å²) in [7, 11) is 0. The molecule has 3 nitrogen and oxygen atoms in total. The Morgan fingerprint density at radius 2 is 2.00 bits per heavy atom. The monoisotopic (exact) mass is 231 g/mol. The van der Waals surface area contributed by atoms with Gasteiger partial charge in [0.25, 0.3) is 0 Å². The molecule has 1 aromatic rings. The van der Waals surface area contributed by atoms with Gasteiger partial charge in [-0.3, -0.25) is 0 Å². The number of hydrogen-bond donors (Lipinski definition) is 1. The molecule has 0 atom stereocenters. The molecule has 0 aliphatic carbocycles. The van der Waals surface area contributed by atoms with Gasteiger partial charge < -0.3 is 9.94 Å². The van der Waals surface area contributed by atoms with Crippen molar-refractivity contribution >= 4 is 12.4 Å². The van der Waals surface area contributed by atoms with E-state index in [2.05, 4.69) is 0 Å². The van der Waals surface area contributed by atoms with Gasteiger partial charge in [0.1, 0.15) is 5.75 Å². The van der Waals surface area contributed by atoms with Crippen molar-refractivity contribution in [1.29, 1.82) is 0 Å². The van der Waals surface area contributed by atoms with E-state index in [0.29, 0.717) is 6.54 Å². The maximum atomic E-state index is 8.79. The third-order valence-electron chi connectivity index (χ3n) is 2.02. The number of hydroxylamine groups is 2. The molecule has 0 fully saturated rings. The van der Waals surface area contributed by atoms with E-state index in [9.17, 15) is 0 Å². The second-order valence-corrected chi connectivity index (χ2v) is 3.10. The van der Waals surface area contributed by atoms with Crippen LogP contribution in [0.15, 0.2) is 24.3 Å². The first kappa shape index (κ1) is 14.2. The maximum Gasteiger partial charge on any atom is 0.150 e. The van der Waals surface area contributed by atoms with Gasteiger partial charge in [-0.2, -0.15) is 0 Å². The first-order valence-corrected chi connectivity index (χ1v) is 4.87.